The van der Waals surface area contributed by atoms with Gasteiger partial charge in [0.1, 0.15) is 11.6 Å². The van der Waals surface area contributed by atoms with Gasteiger partial charge in [0.2, 0.25) is 0 Å². The lowest BCUT2D eigenvalue weighted by atomic mass is 9.94. The molecule has 0 bridgehead atoms. The Morgan fingerprint density at radius 1 is 0.920 bits per heavy atom. The molecule has 0 saturated heterocycles. The van der Waals surface area contributed by atoms with Crippen LogP contribution in [0.15, 0.2) is 78.8 Å². The zero-order valence-corrected chi connectivity index (χ0v) is 14.9. The van der Waals surface area contributed by atoms with Gasteiger partial charge in [-0.3, -0.25) is 0 Å². The van der Waals surface area contributed by atoms with E-state index in [-0.39, 0.29) is 11.5 Å². The molecule has 0 aliphatic carbocycles. The zero-order chi connectivity index (χ0) is 18.4. The number of allylic oxidation sites excluding steroid dienone is 3. The molecular formula is C22H23F2N. The van der Waals surface area contributed by atoms with Crippen LogP contribution in [0.25, 0.3) is 11.3 Å². The Balaban J connectivity index is 0.00000109. The van der Waals surface area contributed by atoms with E-state index in [0.29, 0.717) is 23.4 Å². The standard InChI is InChI=1S/C20H17F2N.C2H6/c1-3-23-14(2)19(22)13-17(15-9-5-4-6-10-15)20(23)16-11-7-8-12-18(16)21;1-2/h4-13H,2-3H2,1H3;1-2H3. The summed E-state index contributed by atoms with van der Waals surface area (Å²) in [6.07, 6.45) is 1.44. The lowest BCUT2D eigenvalue weighted by molar-refractivity contribution is 0.475. The Labute approximate surface area is 148 Å². The molecule has 0 unspecified atom stereocenters. The molecule has 1 heterocycles. The molecule has 0 saturated carbocycles. The van der Waals surface area contributed by atoms with Gasteiger partial charge in [0, 0.05) is 17.7 Å². The average molecular weight is 339 g/mol. The molecule has 2 aromatic rings. The molecule has 0 spiro atoms. The smallest absolute Gasteiger partial charge is 0.146 e. The first-order valence-electron chi connectivity index (χ1n) is 8.52. The molecule has 0 radical (unpaired) electrons. The monoisotopic (exact) mass is 339 g/mol. The summed E-state index contributed by atoms with van der Waals surface area (Å²) in [4.78, 5) is 1.72. The minimum atomic E-state index is -0.397. The van der Waals surface area contributed by atoms with Crippen LogP contribution in [0.2, 0.25) is 0 Å². The van der Waals surface area contributed by atoms with Crippen molar-refractivity contribution in [3.8, 4) is 0 Å². The van der Waals surface area contributed by atoms with Crippen LogP contribution in [0.1, 0.15) is 31.9 Å². The molecule has 1 aliphatic rings. The third kappa shape index (κ3) is 3.71. The SMILES string of the molecule is C=C1C(F)=CC(c2ccccc2)=C(c2ccccc2F)N1CC.CC. The van der Waals surface area contributed by atoms with E-state index in [4.69, 9.17) is 0 Å². The first-order chi connectivity index (χ1) is 12.1. The Bertz CT molecular complexity index is 804. The maximum absolute atomic E-state index is 14.4. The van der Waals surface area contributed by atoms with Gasteiger partial charge in [-0.25, -0.2) is 8.78 Å². The second-order valence-electron chi connectivity index (χ2n) is 5.29. The predicted molar refractivity (Wildman–Crippen MR) is 102 cm³/mol. The number of hydrogen-bond acceptors (Lipinski definition) is 1. The van der Waals surface area contributed by atoms with Crippen molar-refractivity contribution in [1.82, 2.24) is 4.90 Å². The zero-order valence-electron chi connectivity index (χ0n) is 14.9. The Morgan fingerprint density at radius 2 is 1.52 bits per heavy atom. The van der Waals surface area contributed by atoms with Gasteiger partial charge in [0.25, 0.3) is 0 Å². The van der Waals surface area contributed by atoms with Crippen molar-refractivity contribution in [2.45, 2.75) is 20.8 Å². The van der Waals surface area contributed by atoms with E-state index in [2.05, 4.69) is 6.58 Å². The van der Waals surface area contributed by atoms with E-state index in [1.165, 1.54) is 12.1 Å². The van der Waals surface area contributed by atoms with Crippen LogP contribution >= 0.6 is 0 Å². The molecule has 0 fully saturated rings. The largest absolute Gasteiger partial charge is 0.339 e. The van der Waals surface area contributed by atoms with Gasteiger partial charge in [0.15, 0.2) is 0 Å². The Hall–Kier alpha value is -2.68. The highest BCUT2D eigenvalue weighted by molar-refractivity contribution is 5.97. The maximum atomic E-state index is 14.4. The van der Waals surface area contributed by atoms with Crippen LogP contribution in [0.4, 0.5) is 8.78 Å². The Morgan fingerprint density at radius 3 is 2.12 bits per heavy atom. The summed E-state index contributed by atoms with van der Waals surface area (Å²) >= 11 is 0. The molecule has 1 aliphatic heterocycles. The highest BCUT2D eigenvalue weighted by Crippen LogP contribution is 2.40. The number of nitrogens with zero attached hydrogens (tertiary/aromatic N) is 1. The topological polar surface area (TPSA) is 3.24 Å². The van der Waals surface area contributed by atoms with Gasteiger partial charge < -0.3 is 4.90 Å². The van der Waals surface area contributed by atoms with E-state index in [1.807, 2.05) is 51.1 Å². The summed E-state index contributed by atoms with van der Waals surface area (Å²) in [7, 11) is 0. The summed E-state index contributed by atoms with van der Waals surface area (Å²) in [5.74, 6) is -0.733. The van der Waals surface area contributed by atoms with Crippen molar-refractivity contribution in [3.63, 3.8) is 0 Å². The highest BCUT2D eigenvalue weighted by atomic mass is 19.1. The number of rotatable bonds is 3. The lowest BCUT2D eigenvalue weighted by Crippen LogP contribution is -2.25. The molecular weight excluding hydrogens is 316 g/mol. The van der Waals surface area contributed by atoms with Gasteiger partial charge in [0.05, 0.1) is 11.4 Å². The van der Waals surface area contributed by atoms with Gasteiger partial charge in [-0.05, 0) is 30.7 Å². The third-order valence-corrected chi connectivity index (χ3v) is 3.93. The predicted octanol–water partition coefficient (Wildman–Crippen LogP) is 6.42. The number of benzene rings is 2. The van der Waals surface area contributed by atoms with Crippen LogP contribution in [0.5, 0.6) is 0 Å². The van der Waals surface area contributed by atoms with Gasteiger partial charge in [-0.2, -0.15) is 0 Å². The van der Waals surface area contributed by atoms with E-state index >= 15 is 0 Å². The molecule has 0 N–H and O–H groups in total. The van der Waals surface area contributed by atoms with Crippen LogP contribution in [-0.4, -0.2) is 11.4 Å². The number of hydrogen-bond donors (Lipinski definition) is 0. The second-order valence-corrected chi connectivity index (χ2v) is 5.29. The molecule has 130 valence electrons. The summed E-state index contributed by atoms with van der Waals surface area (Å²) in [5.41, 5.74) is 2.83. The van der Waals surface area contributed by atoms with E-state index in [9.17, 15) is 8.78 Å². The summed E-state index contributed by atoms with van der Waals surface area (Å²) < 4.78 is 28.7. The van der Waals surface area contributed by atoms with Crippen LogP contribution in [-0.2, 0) is 0 Å². The number of halogens is 2. The van der Waals surface area contributed by atoms with E-state index in [0.717, 1.165) is 5.56 Å². The minimum Gasteiger partial charge on any atom is -0.339 e. The summed E-state index contributed by atoms with van der Waals surface area (Å²) in [6.45, 7) is 10.2. The van der Waals surface area contributed by atoms with Crippen LogP contribution < -0.4 is 0 Å². The van der Waals surface area contributed by atoms with Crippen LogP contribution in [0, 0.1) is 5.82 Å². The normalized spacial score (nSPS) is 14.0. The van der Waals surface area contributed by atoms with Gasteiger partial charge in [-0.1, -0.05) is 62.9 Å². The van der Waals surface area contributed by atoms with Gasteiger partial charge >= 0.3 is 0 Å². The van der Waals surface area contributed by atoms with Crippen molar-refractivity contribution >= 4 is 11.3 Å². The Kier molecular flexibility index (Phi) is 6.29. The maximum Gasteiger partial charge on any atom is 0.146 e. The van der Waals surface area contributed by atoms with Crippen molar-refractivity contribution in [2.24, 2.45) is 0 Å². The highest BCUT2D eigenvalue weighted by Gasteiger charge is 2.26. The van der Waals surface area contributed by atoms with Gasteiger partial charge in [-0.15, -0.1) is 0 Å². The summed E-state index contributed by atoms with van der Waals surface area (Å²) in [6, 6.07) is 16.0. The first-order valence-corrected chi connectivity index (χ1v) is 8.52. The molecule has 3 heteroatoms. The fourth-order valence-electron chi connectivity index (χ4n) is 2.82. The summed E-state index contributed by atoms with van der Waals surface area (Å²) in [5, 5.41) is 0. The van der Waals surface area contributed by atoms with Crippen molar-refractivity contribution in [1.29, 1.82) is 0 Å². The fourth-order valence-corrected chi connectivity index (χ4v) is 2.82. The second kappa shape index (κ2) is 8.43. The van der Waals surface area contributed by atoms with Crippen molar-refractivity contribution in [3.05, 3.63) is 95.7 Å². The first kappa shape index (κ1) is 18.7. The molecule has 2 aromatic carbocycles. The minimum absolute atomic E-state index is 0.255. The fraction of sp³-hybridized carbons (Fsp3) is 0.182. The van der Waals surface area contributed by atoms with Crippen LogP contribution in [0.3, 0.4) is 0 Å². The van der Waals surface area contributed by atoms with Crippen molar-refractivity contribution < 1.29 is 8.78 Å². The average Bonchev–Trinajstić information content (AvgIpc) is 2.66. The van der Waals surface area contributed by atoms with Crippen molar-refractivity contribution in [2.75, 3.05) is 6.54 Å². The molecule has 0 atom stereocenters. The quantitative estimate of drug-likeness (QED) is 0.623. The lowest BCUT2D eigenvalue weighted by Gasteiger charge is -2.33. The molecule has 0 aromatic heterocycles. The van der Waals surface area contributed by atoms with E-state index < -0.39 is 5.83 Å². The molecule has 3 rings (SSSR count). The molecule has 0 amide bonds. The van der Waals surface area contributed by atoms with E-state index in [1.54, 1.807) is 23.1 Å². The molecule has 1 nitrogen and oxygen atoms in total. The number of likely N-dealkylation sites (N-methyl/N-ethyl adjacent to an activating group) is 1. The third-order valence-electron chi connectivity index (χ3n) is 3.93. The molecule has 25 heavy (non-hydrogen) atoms.